The first-order valence-corrected chi connectivity index (χ1v) is 10.2. The summed E-state index contributed by atoms with van der Waals surface area (Å²) < 4.78 is 5.67. The third-order valence-electron chi connectivity index (χ3n) is 5.65. The van der Waals surface area contributed by atoms with E-state index in [0.717, 1.165) is 16.2 Å². The van der Waals surface area contributed by atoms with E-state index < -0.39 is 11.6 Å². The van der Waals surface area contributed by atoms with Crippen LogP contribution in [0.4, 0.5) is 22.4 Å². The quantitative estimate of drug-likeness (QED) is 0.535. The van der Waals surface area contributed by atoms with Crippen molar-refractivity contribution in [3.05, 3.63) is 65.5 Å². The average molecular weight is 431 g/mol. The standard InChI is InChI=1S/C22H21N7O3/c1-13-6-2-4-8-15(13)24-20-26-17(25-19(23)27-20)12-29-18(30)22(28-21(29)31)10-11-32-16-9-5-3-7-14(16)22/h2-9H,10-12H2,1H3,(H,28,31)(H3,23,24,25,26,27)/t22-/m0/s1. The van der Waals surface area contributed by atoms with Crippen LogP contribution in [0.1, 0.15) is 23.4 Å². The maximum Gasteiger partial charge on any atom is 0.325 e. The van der Waals surface area contributed by atoms with Gasteiger partial charge in [0.2, 0.25) is 11.9 Å². The third-order valence-corrected chi connectivity index (χ3v) is 5.65. The number of fused-ring (bicyclic) bond motifs is 2. The summed E-state index contributed by atoms with van der Waals surface area (Å²) in [5, 5.41) is 5.97. The molecule has 3 heterocycles. The molecular weight excluding hydrogens is 410 g/mol. The fraction of sp³-hybridized carbons (Fsp3) is 0.227. The molecule has 0 aliphatic carbocycles. The van der Waals surface area contributed by atoms with Crippen molar-refractivity contribution >= 4 is 29.5 Å². The number of carbonyl (C=O) groups excluding carboxylic acids is 2. The van der Waals surface area contributed by atoms with E-state index in [2.05, 4.69) is 25.6 Å². The minimum absolute atomic E-state index is 0.00994. The highest BCUT2D eigenvalue weighted by molar-refractivity contribution is 6.07. The number of rotatable bonds is 4. The van der Waals surface area contributed by atoms with Gasteiger partial charge in [0.25, 0.3) is 5.91 Å². The summed E-state index contributed by atoms with van der Waals surface area (Å²) in [7, 11) is 0. The summed E-state index contributed by atoms with van der Waals surface area (Å²) in [6.45, 7) is 2.14. The minimum atomic E-state index is -1.16. The van der Waals surface area contributed by atoms with Crippen LogP contribution in [0.25, 0.3) is 0 Å². The van der Waals surface area contributed by atoms with E-state index in [-0.39, 0.29) is 30.2 Å². The number of hydrogen-bond acceptors (Lipinski definition) is 8. The van der Waals surface area contributed by atoms with Crippen molar-refractivity contribution in [1.82, 2.24) is 25.2 Å². The number of hydrogen-bond donors (Lipinski definition) is 3. The van der Waals surface area contributed by atoms with Gasteiger partial charge >= 0.3 is 6.03 Å². The smallest absolute Gasteiger partial charge is 0.325 e. The normalized spacial score (nSPS) is 19.5. The lowest BCUT2D eigenvalue weighted by molar-refractivity contribution is -0.133. The Balaban J connectivity index is 1.43. The molecule has 10 nitrogen and oxygen atoms in total. The summed E-state index contributed by atoms with van der Waals surface area (Å²) in [5.41, 5.74) is 7.17. The minimum Gasteiger partial charge on any atom is -0.493 e. The number of nitrogen functional groups attached to an aromatic ring is 1. The number of nitrogens with two attached hydrogens (primary N) is 1. The largest absolute Gasteiger partial charge is 0.493 e. The predicted molar refractivity (Wildman–Crippen MR) is 116 cm³/mol. The molecule has 1 atom stereocenters. The highest BCUT2D eigenvalue weighted by atomic mass is 16.5. The van der Waals surface area contributed by atoms with Crippen molar-refractivity contribution in [2.75, 3.05) is 17.7 Å². The van der Waals surface area contributed by atoms with Crippen molar-refractivity contribution in [2.24, 2.45) is 0 Å². The van der Waals surface area contributed by atoms with Crippen LogP contribution in [-0.4, -0.2) is 38.4 Å². The second-order valence-corrected chi connectivity index (χ2v) is 7.69. The molecule has 0 radical (unpaired) electrons. The Kier molecular flexibility index (Phi) is 4.62. The number of nitrogens with zero attached hydrogens (tertiary/aromatic N) is 4. The molecule has 10 heteroatoms. The van der Waals surface area contributed by atoms with Crippen LogP contribution in [0.5, 0.6) is 5.75 Å². The molecule has 1 saturated heterocycles. The summed E-state index contributed by atoms with van der Waals surface area (Å²) in [6, 6.07) is 14.4. The molecule has 2 aromatic carbocycles. The van der Waals surface area contributed by atoms with Gasteiger partial charge in [0.1, 0.15) is 5.75 Å². The highest BCUT2D eigenvalue weighted by Gasteiger charge is 2.54. The van der Waals surface area contributed by atoms with E-state index in [1.807, 2.05) is 43.3 Å². The molecular formula is C22H21N7O3. The molecule has 1 fully saturated rings. The summed E-state index contributed by atoms with van der Waals surface area (Å²) >= 11 is 0. The summed E-state index contributed by atoms with van der Waals surface area (Å²) in [5.74, 6) is 0.646. The Morgan fingerprint density at radius 2 is 1.91 bits per heavy atom. The van der Waals surface area contributed by atoms with Gasteiger partial charge < -0.3 is 21.1 Å². The maximum absolute atomic E-state index is 13.4. The van der Waals surface area contributed by atoms with Crippen molar-refractivity contribution in [1.29, 1.82) is 0 Å². The number of aryl methyl sites for hydroxylation is 1. The second-order valence-electron chi connectivity index (χ2n) is 7.69. The third kappa shape index (κ3) is 3.25. The van der Waals surface area contributed by atoms with Gasteiger partial charge in [-0.1, -0.05) is 36.4 Å². The molecule has 0 saturated carbocycles. The summed E-state index contributed by atoms with van der Waals surface area (Å²) in [4.78, 5) is 40.0. The maximum atomic E-state index is 13.4. The molecule has 162 valence electrons. The molecule has 1 aromatic heterocycles. The van der Waals surface area contributed by atoms with Gasteiger partial charge in [0.15, 0.2) is 11.4 Å². The van der Waals surface area contributed by atoms with Crippen molar-refractivity contribution in [3.63, 3.8) is 0 Å². The Morgan fingerprint density at radius 1 is 1.12 bits per heavy atom. The van der Waals surface area contributed by atoms with Gasteiger partial charge in [-0.3, -0.25) is 9.69 Å². The fourth-order valence-corrected chi connectivity index (χ4v) is 4.06. The van der Waals surface area contributed by atoms with E-state index in [1.165, 1.54) is 0 Å². The number of aromatic nitrogens is 3. The number of benzene rings is 2. The lowest BCUT2D eigenvalue weighted by Gasteiger charge is -2.33. The van der Waals surface area contributed by atoms with Crippen molar-refractivity contribution in [2.45, 2.75) is 25.4 Å². The zero-order valence-electron chi connectivity index (χ0n) is 17.3. The van der Waals surface area contributed by atoms with E-state index in [1.54, 1.807) is 12.1 Å². The van der Waals surface area contributed by atoms with E-state index >= 15 is 0 Å². The molecule has 3 amide bonds. The van der Waals surface area contributed by atoms with Crippen LogP contribution in [0.2, 0.25) is 0 Å². The molecule has 0 bridgehead atoms. The molecule has 3 aromatic rings. The first-order valence-electron chi connectivity index (χ1n) is 10.2. The molecule has 2 aliphatic heterocycles. The lowest BCUT2D eigenvalue weighted by atomic mass is 9.84. The molecule has 0 unspecified atom stereocenters. The Morgan fingerprint density at radius 3 is 2.75 bits per heavy atom. The SMILES string of the molecule is Cc1ccccc1Nc1nc(N)nc(CN2C(=O)N[C@]3(CCOc4ccccc43)C2=O)n1. The first-order chi connectivity index (χ1) is 15.5. The van der Waals surface area contributed by atoms with Crippen LogP contribution in [0.15, 0.2) is 48.5 Å². The zero-order valence-corrected chi connectivity index (χ0v) is 17.3. The van der Waals surface area contributed by atoms with Crippen molar-refractivity contribution in [3.8, 4) is 5.75 Å². The molecule has 1 spiro atoms. The monoisotopic (exact) mass is 431 g/mol. The van der Waals surface area contributed by atoms with Gasteiger partial charge in [0, 0.05) is 17.7 Å². The number of urea groups is 1. The molecule has 4 N–H and O–H groups in total. The second kappa shape index (κ2) is 7.49. The molecule has 2 aliphatic rings. The number of ether oxygens (including phenoxy) is 1. The number of anilines is 3. The van der Waals surface area contributed by atoms with E-state index in [9.17, 15) is 9.59 Å². The first kappa shape index (κ1) is 19.7. The topological polar surface area (TPSA) is 135 Å². The van der Waals surface area contributed by atoms with Crippen LogP contribution in [0.3, 0.4) is 0 Å². The fourth-order valence-electron chi connectivity index (χ4n) is 4.06. The molecule has 32 heavy (non-hydrogen) atoms. The van der Waals surface area contributed by atoms with Gasteiger partial charge in [-0.2, -0.15) is 15.0 Å². The lowest BCUT2D eigenvalue weighted by Crippen LogP contribution is -2.47. The Bertz CT molecular complexity index is 1230. The summed E-state index contributed by atoms with van der Waals surface area (Å²) in [6.07, 6.45) is 0.338. The number of carbonyl (C=O) groups is 2. The number of amides is 3. The average Bonchev–Trinajstić information content (AvgIpc) is 3.00. The number of imide groups is 1. The van der Waals surface area contributed by atoms with Gasteiger partial charge in [-0.05, 0) is 24.6 Å². The number of nitrogens with one attached hydrogen (secondary N) is 2. The predicted octanol–water partition coefficient (Wildman–Crippen LogP) is 2.24. The van der Waals surface area contributed by atoms with Crippen molar-refractivity contribution < 1.29 is 14.3 Å². The van der Waals surface area contributed by atoms with Crippen LogP contribution in [0, 0.1) is 6.92 Å². The number of para-hydroxylation sites is 2. The van der Waals surface area contributed by atoms with E-state index in [4.69, 9.17) is 10.5 Å². The van der Waals surface area contributed by atoms with Gasteiger partial charge in [0.05, 0.1) is 13.2 Å². The van der Waals surface area contributed by atoms with Gasteiger partial charge in [-0.25, -0.2) is 4.79 Å². The van der Waals surface area contributed by atoms with E-state index in [0.29, 0.717) is 24.3 Å². The van der Waals surface area contributed by atoms with Crippen LogP contribution >= 0.6 is 0 Å². The Labute approximate surface area is 183 Å². The highest BCUT2D eigenvalue weighted by Crippen LogP contribution is 2.41. The van der Waals surface area contributed by atoms with Crippen LogP contribution < -0.4 is 21.1 Å². The van der Waals surface area contributed by atoms with Gasteiger partial charge in [-0.15, -0.1) is 0 Å². The van der Waals surface area contributed by atoms with Crippen LogP contribution in [-0.2, 0) is 16.9 Å². The Hall–Kier alpha value is -4.21. The zero-order chi connectivity index (χ0) is 22.3. The molecule has 5 rings (SSSR count).